The Bertz CT molecular complexity index is 809. The maximum absolute atomic E-state index is 12.0. The number of fused-ring (bicyclic) bond motifs is 1. The average molecular weight is 377 g/mol. The zero-order valence-corrected chi connectivity index (χ0v) is 15.9. The van der Waals surface area contributed by atoms with Gasteiger partial charge < -0.3 is 9.32 Å². The van der Waals surface area contributed by atoms with Gasteiger partial charge in [0.2, 0.25) is 11.8 Å². The number of para-hydroxylation sites is 1. The summed E-state index contributed by atoms with van der Waals surface area (Å²) in [6.45, 7) is 5.37. The molecule has 0 aliphatic heterocycles. The van der Waals surface area contributed by atoms with Crippen LogP contribution in [0.3, 0.4) is 0 Å². The largest absolute Gasteiger partial charge is 0.416 e. The van der Waals surface area contributed by atoms with Crippen molar-refractivity contribution in [3.05, 3.63) is 35.2 Å². The van der Waals surface area contributed by atoms with Gasteiger partial charge >= 0.3 is 0 Å². The zero-order valence-electron chi connectivity index (χ0n) is 14.3. The fourth-order valence-electron chi connectivity index (χ4n) is 2.43. The molecule has 0 saturated heterocycles. The highest BCUT2D eigenvalue weighted by atomic mass is 32.2. The van der Waals surface area contributed by atoms with E-state index in [1.165, 1.54) is 16.5 Å². The molecule has 6 nitrogen and oxygen atoms in total. The van der Waals surface area contributed by atoms with Crippen LogP contribution in [0.25, 0.3) is 10.2 Å². The van der Waals surface area contributed by atoms with E-state index in [9.17, 15) is 4.79 Å². The van der Waals surface area contributed by atoms with Crippen molar-refractivity contribution < 1.29 is 9.21 Å². The van der Waals surface area contributed by atoms with Crippen molar-refractivity contribution in [3.8, 4) is 0 Å². The van der Waals surface area contributed by atoms with Gasteiger partial charge in [-0.15, -0.1) is 21.5 Å². The standard InChI is InChI=1S/C17H20N4O2S2/c1-3-21(4-2)16(22)11-24-17-20-19-14(23-17)9-10-15-18-12-7-5-6-8-13(12)25-15/h5-8H,3-4,9-11H2,1-2H3. The van der Waals surface area contributed by atoms with Gasteiger partial charge in [-0.1, -0.05) is 23.9 Å². The molecule has 0 radical (unpaired) electrons. The number of benzene rings is 1. The smallest absolute Gasteiger partial charge is 0.277 e. The highest BCUT2D eigenvalue weighted by molar-refractivity contribution is 7.99. The van der Waals surface area contributed by atoms with Crippen LogP contribution in [0, 0.1) is 0 Å². The lowest BCUT2D eigenvalue weighted by atomic mass is 10.3. The third-order valence-electron chi connectivity index (χ3n) is 3.77. The first-order chi connectivity index (χ1) is 12.2. The molecular formula is C17H20N4O2S2. The maximum Gasteiger partial charge on any atom is 0.277 e. The topological polar surface area (TPSA) is 72.1 Å². The van der Waals surface area contributed by atoms with Crippen molar-refractivity contribution in [1.82, 2.24) is 20.1 Å². The summed E-state index contributed by atoms with van der Waals surface area (Å²) in [5.74, 6) is 0.988. The Morgan fingerprint density at radius 1 is 1.20 bits per heavy atom. The van der Waals surface area contributed by atoms with E-state index in [2.05, 4.69) is 21.2 Å². The van der Waals surface area contributed by atoms with Gasteiger partial charge in [-0.25, -0.2) is 4.98 Å². The SMILES string of the molecule is CCN(CC)C(=O)CSc1nnc(CCc2nc3ccccc3s2)o1. The molecule has 3 aromatic rings. The second kappa shape index (κ2) is 8.44. The van der Waals surface area contributed by atoms with Gasteiger partial charge in [-0.3, -0.25) is 4.79 Å². The first kappa shape index (κ1) is 17.9. The summed E-state index contributed by atoms with van der Waals surface area (Å²) in [4.78, 5) is 18.4. The van der Waals surface area contributed by atoms with Crippen LogP contribution in [-0.2, 0) is 17.6 Å². The second-order valence-corrected chi connectivity index (χ2v) is 7.43. The van der Waals surface area contributed by atoms with E-state index in [1.54, 1.807) is 16.2 Å². The number of rotatable bonds is 8. The monoisotopic (exact) mass is 376 g/mol. The van der Waals surface area contributed by atoms with E-state index in [4.69, 9.17) is 4.42 Å². The number of hydrogen-bond acceptors (Lipinski definition) is 7. The molecule has 0 fully saturated rings. The summed E-state index contributed by atoms with van der Waals surface area (Å²) >= 11 is 2.98. The van der Waals surface area contributed by atoms with Crippen molar-refractivity contribution in [2.45, 2.75) is 31.9 Å². The molecule has 3 rings (SSSR count). The van der Waals surface area contributed by atoms with E-state index in [1.807, 2.05) is 32.0 Å². The summed E-state index contributed by atoms with van der Waals surface area (Å²) in [6, 6.07) is 8.10. The van der Waals surface area contributed by atoms with Crippen LogP contribution in [0.1, 0.15) is 24.7 Å². The van der Waals surface area contributed by atoms with Gasteiger partial charge in [0.15, 0.2) is 0 Å². The summed E-state index contributed by atoms with van der Waals surface area (Å²) < 4.78 is 6.81. The Morgan fingerprint density at radius 3 is 2.76 bits per heavy atom. The van der Waals surface area contributed by atoms with Gasteiger partial charge in [0.25, 0.3) is 5.22 Å². The first-order valence-corrected chi connectivity index (χ1v) is 10.1. The van der Waals surface area contributed by atoms with E-state index in [-0.39, 0.29) is 5.91 Å². The summed E-state index contributed by atoms with van der Waals surface area (Å²) in [7, 11) is 0. The molecule has 132 valence electrons. The van der Waals surface area contributed by atoms with Crippen molar-refractivity contribution in [2.75, 3.05) is 18.8 Å². The van der Waals surface area contributed by atoms with E-state index >= 15 is 0 Å². The number of amides is 1. The van der Waals surface area contributed by atoms with Crippen molar-refractivity contribution in [1.29, 1.82) is 0 Å². The number of carbonyl (C=O) groups is 1. The van der Waals surface area contributed by atoms with Crippen LogP contribution in [-0.4, -0.2) is 44.8 Å². The molecule has 0 aliphatic rings. The lowest BCUT2D eigenvalue weighted by Gasteiger charge is -2.17. The Labute approximate surface area is 154 Å². The minimum atomic E-state index is 0.0872. The van der Waals surface area contributed by atoms with Crippen LogP contribution < -0.4 is 0 Å². The molecule has 0 aliphatic carbocycles. The molecule has 2 aromatic heterocycles. The van der Waals surface area contributed by atoms with Crippen molar-refractivity contribution in [3.63, 3.8) is 0 Å². The van der Waals surface area contributed by atoms with Gasteiger partial charge in [-0.05, 0) is 26.0 Å². The number of thioether (sulfide) groups is 1. The molecule has 8 heteroatoms. The fraction of sp³-hybridized carbons (Fsp3) is 0.412. The summed E-state index contributed by atoms with van der Waals surface area (Å²) in [5, 5.41) is 9.58. The highest BCUT2D eigenvalue weighted by Gasteiger charge is 2.14. The summed E-state index contributed by atoms with van der Waals surface area (Å²) in [6.07, 6.45) is 1.42. The number of thiazole rings is 1. The molecule has 1 aromatic carbocycles. The molecule has 0 spiro atoms. The Morgan fingerprint density at radius 2 is 2.00 bits per heavy atom. The lowest BCUT2D eigenvalue weighted by Crippen LogP contribution is -2.31. The number of aromatic nitrogens is 3. The second-order valence-electron chi connectivity index (χ2n) is 5.39. The molecule has 0 N–H and O–H groups in total. The third-order valence-corrected chi connectivity index (χ3v) is 5.67. The molecule has 0 saturated carbocycles. The molecule has 0 unspecified atom stereocenters. The average Bonchev–Trinajstić information content (AvgIpc) is 3.25. The number of hydrogen-bond donors (Lipinski definition) is 0. The molecule has 0 atom stereocenters. The predicted molar refractivity (Wildman–Crippen MR) is 100.0 cm³/mol. The van der Waals surface area contributed by atoms with Crippen LogP contribution in [0.15, 0.2) is 33.9 Å². The molecule has 0 bridgehead atoms. The third kappa shape index (κ3) is 4.58. The van der Waals surface area contributed by atoms with Crippen LogP contribution >= 0.6 is 23.1 Å². The van der Waals surface area contributed by atoms with E-state index in [0.29, 0.717) is 36.4 Å². The fourth-order valence-corrected chi connectivity index (χ4v) is 4.08. The molecule has 1 amide bonds. The number of aryl methyl sites for hydroxylation is 2. The van der Waals surface area contributed by atoms with Gasteiger partial charge in [-0.2, -0.15) is 0 Å². The lowest BCUT2D eigenvalue weighted by molar-refractivity contribution is -0.127. The maximum atomic E-state index is 12.0. The molecule has 25 heavy (non-hydrogen) atoms. The van der Waals surface area contributed by atoms with Crippen molar-refractivity contribution >= 4 is 39.2 Å². The van der Waals surface area contributed by atoms with Gasteiger partial charge in [0, 0.05) is 25.9 Å². The Kier molecular flexibility index (Phi) is 6.04. The van der Waals surface area contributed by atoms with Crippen LogP contribution in [0.2, 0.25) is 0 Å². The van der Waals surface area contributed by atoms with Gasteiger partial charge in [0.1, 0.15) is 0 Å². The quantitative estimate of drug-likeness (QED) is 0.561. The van der Waals surface area contributed by atoms with E-state index in [0.717, 1.165) is 16.9 Å². The minimum absolute atomic E-state index is 0.0872. The number of carbonyl (C=O) groups excluding carboxylic acids is 1. The molecule has 2 heterocycles. The Hall–Kier alpha value is -1.93. The molecular weight excluding hydrogens is 356 g/mol. The number of nitrogens with zero attached hydrogens (tertiary/aromatic N) is 4. The Balaban J connectivity index is 1.52. The van der Waals surface area contributed by atoms with Gasteiger partial charge in [0.05, 0.1) is 21.0 Å². The highest BCUT2D eigenvalue weighted by Crippen LogP contribution is 2.23. The van der Waals surface area contributed by atoms with Crippen LogP contribution in [0.5, 0.6) is 0 Å². The van der Waals surface area contributed by atoms with Crippen LogP contribution in [0.4, 0.5) is 0 Å². The first-order valence-electron chi connectivity index (χ1n) is 8.27. The minimum Gasteiger partial charge on any atom is -0.416 e. The zero-order chi connectivity index (χ0) is 17.6. The predicted octanol–water partition coefficient (Wildman–Crippen LogP) is 3.43. The van der Waals surface area contributed by atoms with Crippen molar-refractivity contribution in [2.24, 2.45) is 0 Å². The summed E-state index contributed by atoms with van der Waals surface area (Å²) in [5.41, 5.74) is 1.03. The normalized spacial score (nSPS) is 11.1. The van der Waals surface area contributed by atoms with E-state index < -0.39 is 0 Å².